The summed E-state index contributed by atoms with van der Waals surface area (Å²) < 4.78 is 12.9. The second-order valence-electron chi connectivity index (χ2n) is 5.27. The van der Waals surface area contributed by atoms with Gasteiger partial charge in [-0.25, -0.2) is 4.39 Å². The summed E-state index contributed by atoms with van der Waals surface area (Å²) in [5.74, 6) is -0.186. The molecule has 0 spiro atoms. The normalized spacial score (nSPS) is 23.3. The van der Waals surface area contributed by atoms with Crippen LogP contribution in [-0.4, -0.2) is 37.4 Å². The molecule has 1 fully saturated rings. The number of aliphatic hydroxyl groups is 1. The van der Waals surface area contributed by atoms with Crippen molar-refractivity contribution in [3.8, 4) is 0 Å². The highest BCUT2D eigenvalue weighted by Gasteiger charge is 2.23. The van der Waals surface area contributed by atoms with Crippen LogP contribution in [-0.2, 0) is 0 Å². The lowest BCUT2D eigenvalue weighted by Gasteiger charge is -2.36. The van der Waals surface area contributed by atoms with Gasteiger partial charge in [0.15, 0.2) is 0 Å². The third kappa shape index (κ3) is 3.91. The second-order valence-corrected chi connectivity index (χ2v) is 5.27. The van der Waals surface area contributed by atoms with Gasteiger partial charge in [-0.3, -0.25) is 0 Å². The van der Waals surface area contributed by atoms with Crippen LogP contribution in [0.15, 0.2) is 24.3 Å². The molecule has 1 saturated carbocycles. The standard InChI is InChI=1S/C15H23FN2O/c1-18(14-6-2-12(16)3-7-14)15-8-4-13(5-9-15)17-10-11-19/h2-3,6-7,13,15,17,19H,4-5,8-11H2,1H3. The lowest BCUT2D eigenvalue weighted by molar-refractivity contribution is 0.266. The minimum atomic E-state index is -0.186. The van der Waals surface area contributed by atoms with E-state index in [-0.39, 0.29) is 12.4 Å². The van der Waals surface area contributed by atoms with Crippen molar-refractivity contribution in [2.24, 2.45) is 0 Å². The SMILES string of the molecule is CN(c1ccc(F)cc1)C1CCC(NCCO)CC1. The number of nitrogens with one attached hydrogen (secondary N) is 1. The summed E-state index contributed by atoms with van der Waals surface area (Å²) in [6, 6.07) is 7.76. The molecule has 0 amide bonds. The Morgan fingerprint density at radius 3 is 2.42 bits per heavy atom. The van der Waals surface area contributed by atoms with Crippen LogP contribution in [0.1, 0.15) is 25.7 Å². The van der Waals surface area contributed by atoms with Crippen molar-refractivity contribution in [3.63, 3.8) is 0 Å². The van der Waals surface area contributed by atoms with Crippen LogP contribution < -0.4 is 10.2 Å². The van der Waals surface area contributed by atoms with E-state index < -0.39 is 0 Å². The van der Waals surface area contributed by atoms with E-state index in [1.54, 1.807) is 0 Å². The van der Waals surface area contributed by atoms with Gasteiger partial charge in [0.25, 0.3) is 0 Å². The molecule has 0 bridgehead atoms. The Labute approximate surface area is 114 Å². The van der Waals surface area contributed by atoms with Crippen molar-refractivity contribution in [2.75, 3.05) is 25.1 Å². The molecule has 2 rings (SSSR count). The molecule has 1 aliphatic rings. The first-order valence-electron chi connectivity index (χ1n) is 7.03. The van der Waals surface area contributed by atoms with Gasteiger partial charge in [0.2, 0.25) is 0 Å². The predicted octanol–water partition coefficient (Wildman–Crippen LogP) is 2.16. The maximum atomic E-state index is 12.9. The van der Waals surface area contributed by atoms with Gasteiger partial charge in [0.1, 0.15) is 5.82 Å². The molecule has 0 aliphatic heterocycles. The zero-order valence-corrected chi connectivity index (χ0v) is 11.5. The molecular formula is C15H23FN2O. The quantitative estimate of drug-likeness (QED) is 0.857. The first-order chi connectivity index (χ1) is 9.20. The second kappa shape index (κ2) is 6.87. The summed E-state index contributed by atoms with van der Waals surface area (Å²) in [6.07, 6.45) is 4.54. The highest BCUT2D eigenvalue weighted by Crippen LogP contribution is 2.26. The third-order valence-corrected chi connectivity index (χ3v) is 4.02. The van der Waals surface area contributed by atoms with Crippen LogP contribution in [0.25, 0.3) is 0 Å². The molecule has 3 nitrogen and oxygen atoms in total. The van der Waals surface area contributed by atoms with Crippen molar-refractivity contribution in [1.82, 2.24) is 5.32 Å². The van der Waals surface area contributed by atoms with Gasteiger partial charge >= 0.3 is 0 Å². The van der Waals surface area contributed by atoms with Gasteiger partial charge < -0.3 is 15.3 Å². The zero-order valence-electron chi connectivity index (χ0n) is 11.5. The van der Waals surface area contributed by atoms with E-state index in [0.29, 0.717) is 18.6 Å². The molecule has 0 unspecified atom stereocenters. The molecule has 0 heterocycles. The van der Waals surface area contributed by atoms with E-state index >= 15 is 0 Å². The van der Waals surface area contributed by atoms with Crippen LogP contribution in [0.2, 0.25) is 0 Å². The Bertz CT molecular complexity index is 374. The average Bonchev–Trinajstić information content (AvgIpc) is 2.46. The van der Waals surface area contributed by atoms with Crippen LogP contribution in [0.4, 0.5) is 10.1 Å². The molecule has 2 N–H and O–H groups in total. The fourth-order valence-electron chi connectivity index (χ4n) is 2.82. The van der Waals surface area contributed by atoms with Crippen molar-refractivity contribution >= 4 is 5.69 Å². The summed E-state index contributed by atoms with van der Waals surface area (Å²) in [5.41, 5.74) is 1.08. The van der Waals surface area contributed by atoms with Crippen molar-refractivity contribution in [1.29, 1.82) is 0 Å². The fourth-order valence-corrected chi connectivity index (χ4v) is 2.82. The van der Waals surface area contributed by atoms with Crippen molar-refractivity contribution < 1.29 is 9.50 Å². The highest BCUT2D eigenvalue weighted by atomic mass is 19.1. The van der Waals surface area contributed by atoms with Crippen LogP contribution in [0, 0.1) is 5.82 Å². The van der Waals surface area contributed by atoms with Gasteiger partial charge in [-0.1, -0.05) is 0 Å². The zero-order chi connectivity index (χ0) is 13.7. The number of aliphatic hydroxyl groups excluding tert-OH is 1. The van der Waals surface area contributed by atoms with Crippen LogP contribution in [0.3, 0.4) is 0 Å². The maximum absolute atomic E-state index is 12.9. The van der Waals surface area contributed by atoms with E-state index in [0.717, 1.165) is 31.4 Å². The van der Waals surface area contributed by atoms with E-state index in [4.69, 9.17) is 5.11 Å². The molecule has 106 valence electrons. The Morgan fingerprint density at radius 2 is 1.84 bits per heavy atom. The first kappa shape index (κ1) is 14.3. The molecule has 19 heavy (non-hydrogen) atoms. The summed E-state index contributed by atoms with van der Waals surface area (Å²) in [7, 11) is 2.08. The van der Waals surface area contributed by atoms with Gasteiger partial charge in [-0.2, -0.15) is 0 Å². The summed E-state index contributed by atoms with van der Waals surface area (Å²) in [4.78, 5) is 2.25. The average molecular weight is 266 g/mol. The number of benzene rings is 1. The summed E-state index contributed by atoms with van der Waals surface area (Å²) >= 11 is 0. The number of nitrogens with zero attached hydrogens (tertiary/aromatic N) is 1. The minimum Gasteiger partial charge on any atom is -0.395 e. The van der Waals surface area contributed by atoms with Gasteiger partial charge in [0.05, 0.1) is 6.61 Å². The lowest BCUT2D eigenvalue weighted by Crippen LogP contribution is -2.41. The van der Waals surface area contributed by atoms with Gasteiger partial charge in [-0.15, -0.1) is 0 Å². The van der Waals surface area contributed by atoms with Crippen LogP contribution >= 0.6 is 0 Å². The topological polar surface area (TPSA) is 35.5 Å². The Hall–Kier alpha value is -1.13. The highest BCUT2D eigenvalue weighted by molar-refractivity contribution is 5.46. The van der Waals surface area contributed by atoms with E-state index in [1.165, 1.54) is 12.1 Å². The van der Waals surface area contributed by atoms with E-state index in [2.05, 4.69) is 17.3 Å². The smallest absolute Gasteiger partial charge is 0.123 e. The number of halogens is 1. The van der Waals surface area contributed by atoms with E-state index in [9.17, 15) is 4.39 Å². The molecule has 1 aromatic carbocycles. The monoisotopic (exact) mass is 266 g/mol. The molecule has 0 radical (unpaired) electrons. The Morgan fingerprint density at radius 1 is 1.21 bits per heavy atom. The molecule has 4 heteroatoms. The molecule has 1 aromatic rings. The van der Waals surface area contributed by atoms with Gasteiger partial charge in [0, 0.05) is 31.4 Å². The number of hydrogen-bond acceptors (Lipinski definition) is 3. The molecule has 0 atom stereocenters. The van der Waals surface area contributed by atoms with E-state index in [1.807, 2.05) is 12.1 Å². The number of hydrogen-bond donors (Lipinski definition) is 2. The minimum absolute atomic E-state index is 0.186. The third-order valence-electron chi connectivity index (χ3n) is 4.02. The summed E-state index contributed by atoms with van der Waals surface area (Å²) in [6.45, 7) is 0.887. The van der Waals surface area contributed by atoms with Gasteiger partial charge in [-0.05, 0) is 49.9 Å². The number of anilines is 1. The van der Waals surface area contributed by atoms with Crippen molar-refractivity contribution in [2.45, 2.75) is 37.8 Å². The molecule has 0 saturated heterocycles. The molecular weight excluding hydrogens is 243 g/mol. The Balaban J connectivity index is 1.85. The maximum Gasteiger partial charge on any atom is 0.123 e. The molecule has 1 aliphatic carbocycles. The molecule has 0 aromatic heterocycles. The van der Waals surface area contributed by atoms with Crippen LogP contribution in [0.5, 0.6) is 0 Å². The largest absolute Gasteiger partial charge is 0.395 e. The first-order valence-corrected chi connectivity index (χ1v) is 7.03. The predicted molar refractivity (Wildman–Crippen MR) is 75.9 cm³/mol. The fraction of sp³-hybridized carbons (Fsp3) is 0.600. The summed E-state index contributed by atoms with van der Waals surface area (Å²) in [5, 5.41) is 12.2. The Kier molecular flexibility index (Phi) is 5.16. The lowest BCUT2D eigenvalue weighted by atomic mass is 9.90. The van der Waals surface area contributed by atoms with Crippen molar-refractivity contribution in [3.05, 3.63) is 30.1 Å². The number of rotatable bonds is 5.